The van der Waals surface area contributed by atoms with Gasteiger partial charge < -0.3 is 10.4 Å². The smallest absolute Gasteiger partial charge is 0.352 e. The van der Waals surface area contributed by atoms with Gasteiger partial charge in [-0.2, -0.15) is 0 Å². The second-order valence-electron chi connectivity index (χ2n) is 5.22. The van der Waals surface area contributed by atoms with Crippen molar-refractivity contribution in [3.8, 4) is 0 Å². The summed E-state index contributed by atoms with van der Waals surface area (Å²) < 4.78 is 1.49. The maximum atomic E-state index is 12.2. The first-order valence-corrected chi connectivity index (χ1v) is 8.96. The summed E-state index contributed by atoms with van der Waals surface area (Å²) in [6.45, 7) is 1.33. The number of aromatic nitrogens is 4. The van der Waals surface area contributed by atoms with Crippen molar-refractivity contribution in [2.45, 2.75) is 23.5 Å². The predicted molar refractivity (Wildman–Crippen MR) is 84.9 cm³/mol. The van der Waals surface area contributed by atoms with Crippen LogP contribution in [0.3, 0.4) is 0 Å². The van der Waals surface area contributed by atoms with Crippen LogP contribution in [-0.2, 0) is 21.4 Å². The summed E-state index contributed by atoms with van der Waals surface area (Å²) in [5.41, 5.74) is 0.624. The van der Waals surface area contributed by atoms with E-state index in [1.807, 2.05) is 0 Å². The molecule has 24 heavy (non-hydrogen) atoms. The van der Waals surface area contributed by atoms with E-state index in [1.165, 1.54) is 40.0 Å². The minimum atomic E-state index is -1.15. The molecule has 128 valence electrons. The predicted octanol–water partition coefficient (Wildman–Crippen LogP) is -0.939. The number of carboxylic acids is 1. The van der Waals surface area contributed by atoms with Crippen LogP contribution in [0.1, 0.15) is 6.92 Å². The van der Waals surface area contributed by atoms with Gasteiger partial charge in [-0.1, -0.05) is 11.8 Å². The zero-order valence-corrected chi connectivity index (χ0v) is 14.4. The topological polar surface area (TPSA) is 130 Å². The summed E-state index contributed by atoms with van der Waals surface area (Å²) in [6.07, 6.45) is 0. The van der Waals surface area contributed by atoms with Crippen molar-refractivity contribution in [2.75, 3.05) is 11.5 Å². The largest absolute Gasteiger partial charge is 0.477 e. The SMILES string of the molecule is CC(=O)NC1C(=O)N2C(C(=O)O)=C(CSc3nnnn3C)CS[C@@H]12. The Morgan fingerprint density at radius 2 is 2.25 bits per heavy atom. The Kier molecular flexibility index (Phi) is 4.49. The Bertz CT molecular complexity index is 748. The molecule has 1 unspecified atom stereocenters. The molecular formula is C12H14N6O4S2. The number of hydrogen-bond donors (Lipinski definition) is 2. The average molecular weight is 370 g/mol. The van der Waals surface area contributed by atoms with Gasteiger partial charge in [0.25, 0.3) is 5.91 Å². The highest BCUT2D eigenvalue weighted by molar-refractivity contribution is 8.01. The first kappa shape index (κ1) is 16.8. The Balaban J connectivity index is 1.79. The fourth-order valence-corrected chi connectivity index (χ4v) is 4.84. The summed E-state index contributed by atoms with van der Waals surface area (Å²) in [4.78, 5) is 36.3. The molecule has 0 radical (unpaired) electrons. The Hall–Kier alpha value is -2.08. The number of nitrogens with one attached hydrogen (secondary N) is 1. The van der Waals surface area contributed by atoms with Crippen LogP contribution in [0.15, 0.2) is 16.4 Å². The van der Waals surface area contributed by atoms with Gasteiger partial charge in [-0.3, -0.25) is 14.5 Å². The number of fused-ring (bicyclic) bond motifs is 1. The second-order valence-corrected chi connectivity index (χ2v) is 7.27. The Morgan fingerprint density at radius 1 is 1.50 bits per heavy atom. The molecule has 10 nitrogen and oxygen atoms in total. The number of nitrogens with zero attached hydrogens (tertiary/aromatic N) is 5. The van der Waals surface area contributed by atoms with Gasteiger partial charge in [0.05, 0.1) is 0 Å². The summed E-state index contributed by atoms with van der Waals surface area (Å²) in [6, 6.07) is -0.668. The van der Waals surface area contributed by atoms with Crippen molar-refractivity contribution in [2.24, 2.45) is 7.05 Å². The van der Waals surface area contributed by atoms with E-state index in [0.29, 0.717) is 22.2 Å². The Labute approximate surface area is 145 Å². The molecular weight excluding hydrogens is 356 g/mol. The van der Waals surface area contributed by atoms with Crippen LogP contribution in [0, 0.1) is 0 Å². The molecule has 2 aliphatic rings. The minimum Gasteiger partial charge on any atom is -0.477 e. The van der Waals surface area contributed by atoms with Crippen LogP contribution in [0.25, 0.3) is 0 Å². The normalized spacial score (nSPS) is 22.9. The van der Waals surface area contributed by atoms with Crippen molar-refractivity contribution in [1.29, 1.82) is 0 Å². The molecule has 2 amide bonds. The van der Waals surface area contributed by atoms with Crippen molar-refractivity contribution in [1.82, 2.24) is 30.4 Å². The lowest BCUT2D eigenvalue weighted by atomic mass is 10.0. The first-order valence-electron chi connectivity index (χ1n) is 6.92. The number of carboxylic acid groups (broad SMARTS) is 1. The van der Waals surface area contributed by atoms with Gasteiger partial charge >= 0.3 is 5.97 Å². The van der Waals surface area contributed by atoms with Gasteiger partial charge in [0.1, 0.15) is 17.1 Å². The molecule has 2 N–H and O–H groups in total. The molecule has 3 rings (SSSR count). The van der Waals surface area contributed by atoms with Crippen LogP contribution < -0.4 is 5.32 Å². The molecule has 2 atom stereocenters. The van der Waals surface area contributed by atoms with Crippen LogP contribution in [0.4, 0.5) is 0 Å². The van der Waals surface area contributed by atoms with Gasteiger partial charge in [-0.15, -0.1) is 16.9 Å². The van der Waals surface area contributed by atoms with Gasteiger partial charge in [0.2, 0.25) is 11.1 Å². The third kappa shape index (κ3) is 2.86. The van der Waals surface area contributed by atoms with E-state index in [-0.39, 0.29) is 17.0 Å². The Morgan fingerprint density at radius 3 is 2.83 bits per heavy atom. The van der Waals surface area contributed by atoms with Crippen LogP contribution in [0.5, 0.6) is 0 Å². The summed E-state index contributed by atoms with van der Waals surface area (Å²) in [5.74, 6) is -1.04. The lowest BCUT2D eigenvalue weighted by Gasteiger charge is -2.49. The molecule has 12 heteroatoms. The highest BCUT2D eigenvalue weighted by atomic mass is 32.2. The average Bonchev–Trinajstić information content (AvgIpc) is 2.94. The second kappa shape index (κ2) is 6.43. The monoisotopic (exact) mass is 370 g/mol. The lowest BCUT2D eigenvalue weighted by Crippen LogP contribution is -2.70. The van der Waals surface area contributed by atoms with Gasteiger partial charge in [0, 0.05) is 25.5 Å². The fourth-order valence-electron chi connectivity index (χ4n) is 2.51. The van der Waals surface area contributed by atoms with Crippen LogP contribution >= 0.6 is 23.5 Å². The zero-order chi connectivity index (χ0) is 17.4. The van der Waals surface area contributed by atoms with E-state index < -0.39 is 17.9 Å². The maximum Gasteiger partial charge on any atom is 0.352 e. The quantitative estimate of drug-likeness (QED) is 0.498. The maximum absolute atomic E-state index is 12.2. The van der Waals surface area contributed by atoms with E-state index in [0.717, 1.165) is 0 Å². The standard InChI is InChI=1S/C12H14N6O4S2/c1-5(19)13-7-9(20)18-8(11(21)22)6(3-23-10(7)18)4-24-12-14-15-16-17(12)2/h7,10H,3-4H2,1-2H3,(H,13,19)(H,21,22)/t7?,10-/m0/s1. The lowest BCUT2D eigenvalue weighted by molar-refractivity contribution is -0.150. The number of hydrogen-bond acceptors (Lipinski definition) is 8. The van der Waals surface area contributed by atoms with Crippen molar-refractivity contribution >= 4 is 41.3 Å². The first-order chi connectivity index (χ1) is 11.4. The van der Waals surface area contributed by atoms with Crippen molar-refractivity contribution in [3.63, 3.8) is 0 Å². The summed E-state index contributed by atoms with van der Waals surface area (Å²) in [5, 5.41) is 23.4. The molecule has 3 heterocycles. The molecule has 1 aromatic heterocycles. The highest BCUT2D eigenvalue weighted by Crippen LogP contribution is 2.41. The number of rotatable bonds is 5. The van der Waals surface area contributed by atoms with Crippen LogP contribution in [-0.4, -0.2) is 70.9 Å². The highest BCUT2D eigenvalue weighted by Gasteiger charge is 2.53. The zero-order valence-electron chi connectivity index (χ0n) is 12.8. The van der Waals surface area contributed by atoms with E-state index in [1.54, 1.807) is 7.05 Å². The molecule has 0 aliphatic carbocycles. The number of aryl methyl sites for hydroxylation is 1. The minimum absolute atomic E-state index is 0.00650. The number of aliphatic carboxylic acids is 1. The number of amides is 2. The molecule has 2 aliphatic heterocycles. The molecule has 1 fully saturated rings. The molecule has 0 saturated carbocycles. The number of β-lactam (4-membered cyclic amide) rings is 1. The van der Waals surface area contributed by atoms with Gasteiger partial charge in [0.15, 0.2) is 0 Å². The molecule has 0 bridgehead atoms. The van der Waals surface area contributed by atoms with E-state index >= 15 is 0 Å². The summed E-state index contributed by atoms with van der Waals surface area (Å²) >= 11 is 2.74. The molecule has 1 aromatic rings. The molecule has 1 saturated heterocycles. The van der Waals surface area contributed by atoms with E-state index in [2.05, 4.69) is 20.8 Å². The van der Waals surface area contributed by atoms with Gasteiger partial charge in [-0.05, 0) is 16.0 Å². The third-order valence-corrected chi connectivity index (χ3v) is 6.00. The third-order valence-electron chi connectivity index (χ3n) is 3.57. The number of tetrazole rings is 1. The molecule has 0 aromatic carbocycles. The van der Waals surface area contributed by atoms with E-state index in [9.17, 15) is 19.5 Å². The van der Waals surface area contributed by atoms with Crippen molar-refractivity contribution < 1.29 is 19.5 Å². The number of thioether (sulfide) groups is 2. The van der Waals surface area contributed by atoms with Crippen molar-refractivity contribution in [3.05, 3.63) is 11.3 Å². The van der Waals surface area contributed by atoms with E-state index in [4.69, 9.17) is 0 Å². The fraction of sp³-hybridized carbons (Fsp3) is 0.500. The number of carbonyl (C=O) groups is 3. The van der Waals surface area contributed by atoms with Gasteiger partial charge in [-0.25, -0.2) is 9.48 Å². The molecule has 0 spiro atoms. The number of carbonyl (C=O) groups excluding carboxylic acids is 2. The van der Waals surface area contributed by atoms with Crippen LogP contribution in [0.2, 0.25) is 0 Å². The summed E-state index contributed by atoms with van der Waals surface area (Å²) in [7, 11) is 1.69.